The van der Waals surface area contributed by atoms with Crippen LogP contribution in [0.5, 0.6) is 0 Å². The second-order valence-corrected chi connectivity index (χ2v) is 5.06. The molecule has 1 aliphatic rings. The predicted octanol–water partition coefficient (Wildman–Crippen LogP) is 1.58. The largest absolute Gasteiger partial charge is 0.478 e. The third-order valence-electron chi connectivity index (χ3n) is 3.53. The van der Waals surface area contributed by atoms with E-state index in [1.54, 1.807) is 19.2 Å². The van der Waals surface area contributed by atoms with Crippen LogP contribution in [0.2, 0.25) is 0 Å². The fourth-order valence-corrected chi connectivity index (χ4v) is 2.57. The molecular weight excluding hydrogens is 244 g/mol. The maximum atomic E-state index is 11.4. The van der Waals surface area contributed by atoms with Gasteiger partial charge in [-0.25, -0.2) is 4.79 Å². The van der Waals surface area contributed by atoms with Gasteiger partial charge in [-0.15, -0.1) is 0 Å². The van der Waals surface area contributed by atoms with E-state index in [0.29, 0.717) is 5.92 Å². The zero-order chi connectivity index (χ0) is 13.8. The zero-order valence-corrected chi connectivity index (χ0v) is 11.0. The highest BCUT2D eigenvalue weighted by atomic mass is 16.4. The van der Waals surface area contributed by atoms with Crippen LogP contribution in [0.4, 0.5) is 0 Å². The van der Waals surface area contributed by atoms with E-state index in [4.69, 9.17) is 5.11 Å². The van der Waals surface area contributed by atoms with E-state index in [-0.39, 0.29) is 11.5 Å². The number of amides is 1. The molecule has 1 aliphatic heterocycles. The summed E-state index contributed by atoms with van der Waals surface area (Å²) < 4.78 is 0. The molecule has 2 heterocycles. The van der Waals surface area contributed by atoms with Crippen molar-refractivity contribution < 1.29 is 14.7 Å². The molecule has 0 aromatic carbocycles. The summed E-state index contributed by atoms with van der Waals surface area (Å²) in [4.78, 5) is 28.1. The lowest BCUT2D eigenvalue weighted by Crippen LogP contribution is -2.39. The first-order chi connectivity index (χ1) is 9.06. The van der Waals surface area contributed by atoms with Gasteiger partial charge in [-0.2, -0.15) is 0 Å². The van der Waals surface area contributed by atoms with Gasteiger partial charge in [0.1, 0.15) is 0 Å². The predicted molar refractivity (Wildman–Crippen MR) is 69.9 cm³/mol. The van der Waals surface area contributed by atoms with E-state index < -0.39 is 5.97 Å². The summed E-state index contributed by atoms with van der Waals surface area (Å²) in [6, 6.07) is 1.67. The number of rotatable bonds is 3. The number of nitrogens with zero attached hydrogens (tertiary/aromatic N) is 2. The Hall–Kier alpha value is -1.91. The standard InChI is InChI=1S/C14H18N2O3/c1-10(17)16-4-2-3-11(9-16)5-12-6-13(14(18)19)8-15-7-12/h6-8,11H,2-5,9H2,1H3,(H,18,19)/t11-/m0/s1. The number of pyridine rings is 1. The van der Waals surface area contributed by atoms with E-state index in [0.717, 1.165) is 37.9 Å². The highest BCUT2D eigenvalue weighted by Gasteiger charge is 2.22. The number of aromatic nitrogens is 1. The molecule has 19 heavy (non-hydrogen) atoms. The Morgan fingerprint density at radius 1 is 1.47 bits per heavy atom. The number of piperidine rings is 1. The van der Waals surface area contributed by atoms with Crippen LogP contribution in [0.1, 0.15) is 35.7 Å². The van der Waals surface area contributed by atoms with Crippen molar-refractivity contribution in [3.63, 3.8) is 0 Å². The maximum absolute atomic E-state index is 11.4. The van der Waals surface area contributed by atoms with Gasteiger partial charge in [-0.05, 0) is 36.8 Å². The van der Waals surface area contributed by atoms with Crippen molar-refractivity contribution in [1.82, 2.24) is 9.88 Å². The summed E-state index contributed by atoms with van der Waals surface area (Å²) in [7, 11) is 0. The van der Waals surface area contributed by atoms with Gasteiger partial charge in [0, 0.05) is 32.4 Å². The highest BCUT2D eigenvalue weighted by Crippen LogP contribution is 2.21. The first kappa shape index (κ1) is 13.5. The summed E-state index contributed by atoms with van der Waals surface area (Å²) in [6.45, 7) is 3.18. The lowest BCUT2D eigenvalue weighted by Gasteiger charge is -2.32. The topological polar surface area (TPSA) is 70.5 Å². The minimum absolute atomic E-state index is 0.113. The Balaban J connectivity index is 2.02. The number of hydrogen-bond donors (Lipinski definition) is 1. The van der Waals surface area contributed by atoms with Crippen LogP contribution in [-0.4, -0.2) is 40.0 Å². The Morgan fingerprint density at radius 3 is 2.95 bits per heavy atom. The van der Waals surface area contributed by atoms with Crippen LogP contribution in [-0.2, 0) is 11.2 Å². The van der Waals surface area contributed by atoms with Gasteiger partial charge in [-0.1, -0.05) is 0 Å². The Kier molecular flexibility index (Phi) is 4.14. The number of likely N-dealkylation sites (tertiary alicyclic amines) is 1. The first-order valence-electron chi connectivity index (χ1n) is 6.49. The number of carboxylic acid groups (broad SMARTS) is 1. The summed E-state index contributed by atoms with van der Waals surface area (Å²) in [5, 5.41) is 8.94. The second kappa shape index (κ2) is 5.82. The molecule has 0 spiro atoms. The summed E-state index contributed by atoms with van der Waals surface area (Å²) in [5.41, 5.74) is 1.15. The minimum atomic E-state index is -0.955. The van der Waals surface area contributed by atoms with Gasteiger partial charge in [0.25, 0.3) is 0 Å². The lowest BCUT2D eigenvalue weighted by molar-refractivity contribution is -0.130. The first-order valence-corrected chi connectivity index (χ1v) is 6.49. The summed E-state index contributed by atoms with van der Waals surface area (Å²) in [5.74, 6) is -0.450. The summed E-state index contributed by atoms with van der Waals surface area (Å²) in [6.07, 6.45) is 5.92. The SMILES string of the molecule is CC(=O)N1CCC[C@@H](Cc2cncc(C(=O)O)c2)C1. The molecule has 5 heteroatoms. The Labute approximate surface area is 112 Å². The van der Waals surface area contributed by atoms with Crippen LogP contribution in [0.15, 0.2) is 18.5 Å². The quantitative estimate of drug-likeness (QED) is 0.897. The molecule has 1 fully saturated rings. The van der Waals surface area contributed by atoms with E-state index >= 15 is 0 Å². The molecule has 1 aromatic heterocycles. The average molecular weight is 262 g/mol. The molecule has 1 amide bonds. The highest BCUT2D eigenvalue weighted by molar-refractivity contribution is 5.87. The van der Waals surface area contributed by atoms with Crippen molar-refractivity contribution in [1.29, 1.82) is 0 Å². The molecule has 102 valence electrons. The monoisotopic (exact) mass is 262 g/mol. The van der Waals surface area contributed by atoms with Crippen molar-refractivity contribution in [2.45, 2.75) is 26.2 Å². The Bertz CT molecular complexity index is 487. The molecule has 0 radical (unpaired) electrons. The molecule has 1 aromatic rings. The van der Waals surface area contributed by atoms with Crippen LogP contribution in [0.3, 0.4) is 0 Å². The smallest absolute Gasteiger partial charge is 0.337 e. The number of carbonyl (C=O) groups excluding carboxylic acids is 1. The van der Waals surface area contributed by atoms with Gasteiger partial charge in [0.2, 0.25) is 5.91 Å². The molecular formula is C14H18N2O3. The molecule has 0 saturated carbocycles. The number of carbonyl (C=O) groups is 2. The fraction of sp³-hybridized carbons (Fsp3) is 0.500. The van der Waals surface area contributed by atoms with Crippen LogP contribution < -0.4 is 0 Å². The van der Waals surface area contributed by atoms with Crippen LogP contribution in [0, 0.1) is 5.92 Å². The number of hydrogen-bond acceptors (Lipinski definition) is 3. The molecule has 1 N–H and O–H groups in total. The van der Waals surface area contributed by atoms with Gasteiger partial charge >= 0.3 is 5.97 Å². The molecule has 2 rings (SSSR count). The third-order valence-corrected chi connectivity index (χ3v) is 3.53. The van der Waals surface area contributed by atoms with E-state index in [1.165, 1.54) is 6.20 Å². The zero-order valence-electron chi connectivity index (χ0n) is 11.0. The van der Waals surface area contributed by atoms with Crippen molar-refractivity contribution in [2.24, 2.45) is 5.92 Å². The Morgan fingerprint density at radius 2 is 2.26 bits per heavy atom. The van der Waals surface area contributed by atoms with Gasteiger partial charge in [0.05, 0.1) is 5.56 Å². The third kappa shape index (κ3) is 3.53. The average Bonchev–Trinajstić information content (AvgIpc) is 2.39. The van der Waals surface area contributed by atoms with Crippen LogP contribution >= 0.6 is 0 Å². The van der Waals surface area contributed by atoms with Crippen molar-refractivity contribution in [2.75, 3.05) is 13.1 Å². The molecule has 1 saturated heterocycles. The van der Waals surface area contributed by atoms with E-state index in [2.05, 4.69) is 4.98 Å². The van der Waals surface area contributed by atoms with E-state index in [9.17, 15) is 9.59 Å². The molecule has 1 atom stereocenters. The van der Waals surface area contributed by atoms with Crippen molar-refractivity contribution in [3.8, 4) is 0 Å². The fourth-order valence-electron chi connectivity index (χ4n) is 2.57. The molecule has 0 unspecified atom stereocenters. The molecule has 0 bridgehead atoms. The number of carboxylic acids is 1. The van der Waals surface area contributed by atoms with Crippen LogP contribution in [0.25, 0.3) is 0 Å². The van der Waals surface area contributed by atoms with Crippen molar-refractivity contribution >= 4 is 11.9 Å². The lowest BCUT2D eigenvalue weighted by atomic mass is 9.91. The molecule has 5 nitrogen and oxygen atoms in total. The van der Waals surface area contributed by atoms with Gasteiger partial charge in [-0.3, -0.25) is 9.78 Å². The maximum Gasteiger partial charge on any atom is 0.337 e. The van der Waals surface area contributed by atoms with E-state index in [1.807, 2.05) is 4.90 Å². The van der Waals surface area contributed by atoms with Gasteiger partial charge in [0.15, 0.2) is 0 Å². The normalized spacial score (nSPS) is 19.2. The minimum Gasteiger partial charge on any atom is -0.478 e. The van der Waals surface area contributed by atoms with Crippen molar-refractivity contribution in [3.05, 3.63) is 29.6 Å². The summed E-state index contributed by atoms with van der Waals surface area (Å²) >= 11 is 0. The number of aromatic carboxylic acids is 1. The molecule has 0 aliphatic carbocycles. The second-order valence-electron chi connectivity index (χ2n) is 5.06. The van der Waals surface area contributed by atoms with Gasteiger partial charge < -0.3 is 10.0 Å².